The lowest BCUT2D eigenvalue weighted by Gasteiger charge is -2.25. The van der Waals surface area contributed by atoms with E-state index in [9.17, 15) is 4.79 Å². The van der Waals surface area contributed by atoms with E-state index >= 15 is 0 Å². The van der Waals surface area contributed by atoms with Gasteiger partial charge in [-0.05, 0) is 30.7 Å². The van der Waals surface area contributed by atoms with Crippen molar-refractivity contribution in [2.75, 3.05) is 7.05 Å². The van der Waals surface area contributed by atoms with Crippen LogP contribution in [-0.4, -0.2) is 37.6 Å². The minimum atomic E-state index is -0.0658. The number of carbonyl (C=O) groups excluding carboxylic acids is 1. The average Bonchev–Trinajstić information content (AvgIpc) is 3.45. The van der Waals surface area contributed by atoms with Crippen LogP contribution in [0.15, 0.2) is 66.6 Å². The highest BCUT2D eigenvalue weighted by atomic mass is 35.5. The summed E-state index contributed by atoms with van der Waals surface area (Å²) in [5.41, 5.74) is 3.61. The number of carbonyl (C=O) groups is 1. The molecule has 0 fully saturated rings. The Morgan fingerprint density at radius 1 is 1.20 bits per heavy atom. The third-order valence-electron chi connectivity index (χ3n) is 5.02. The van der Waals surface area contributed by atoms with Crippen molar-refractivity contribution in [2.24, 2.45) is 0 Å². The predicted molar refractivity (Wildman–Crippen MR) is 119 cm³/mol. The number of nitrogens with zero attached hydrogens (tertiary/aromatic N) is 5. The van der Waals surface area contributed by atoms with E-state index in [2.05, 4.69) is 15.1 Å². The van der Waals surface area contributed by atoms with Crippen LogP contribution in [-0.2, 0) is 11.2 Å². The fourth-order valence-electron chi connectivity index (χ4n) is 3.11. The molecule has 4 rings (SSSR count). The van der Waals surface area contributed by atoms with E-state index in [1.807, 2.05) is 67.9 Å². The van der Waals surface area contributed by atoms with E-state index in [-0.39, 0.29) is 18.4 Å². The molecule has 1 atom stereocenters. The Morgan fingerprint density at radius 3 is 2.67 bits per heavy atom. The summed E-state index contributed by atoms with van der Waals surface area (Å²) in [4.78, 5) is 23.2. The SMILES string of the molecule is CC(c1ccc(-n2cncn2)cc1)N(C)C(=O)Cc1csc(-c2ccccc2Cl)n1. The second-order valence-electron chi connectivity index (χ2n) is 6.91. The summed E-state index contributed by atoms with van der Waals surface area (Å²) < 4.78 is 1.70. The first-order valence-corrected chi connectivity index (χ1v) is 10.7. The fourth-order valence-corrected chi connectivity index (χ4v) is 4.25. The second kappa shape index (κ2) is 8.77. The molecule has 0 saturated heterocycles. The minimum Gasteiger partial charge on any atom is -0.339 e. The largest absolute Gasteiger partial charge is 0.339 e. The van der Waals surface area contributed by atoms with E-state index in [1.54, 1.807) is 15.9 Å². The molecule has 1 unspecified atom stereocenters. The predicted octanol–water partition coefficient (Wildman–Crippen LogP) is 4.81. The zero-order valence-electron chi connectivity index (χ0n) is 16.6. The fraction of sp³-hybridized carbons (Fsp3) is 0.182. The van der Waals surface area contributed by atoms with E-state index in [1.165, 1.54) is 17.7 Å². The van der Waals surface area contributed by atoms with Gasteiger partial charge in [-0.1, -0.05) is 41.9 Å². The average molecular weight is 438 g/mol. The molecule has 0 saturated carbocycles. The van der Waals surface area contributed by atoms with Crippen molar-refractivity contribution < 1.29 is 4.79 Å². The third kappa shape index (κ3) is 4.27. The summed E-state index contributed by atoms with van der Waals surface area (Å²) in [5, 5.41) is 7.53. The molecule has 8 heteroatoms. The number of aromatic nitrogens is 4. The molecular weight excluding hydrogens is 418 g/mol. The molecule has 30 heavy (non-hydrogen) atoms. The topological polar surface area (TPSA) is 63.9 Å². The van der Waals surface area contributed by atoms with Gasteiger partial charge in [0.05, 0.1) is 28.9 Å². The summed E-state index contributed by atoms with van der Waals surface area (Å²) in [5.74, 6) is 0.0128. The van der Waals surface area contributed by atoms with Gasteiger partial charge in [0.1, 0.15) is 17.7 Å². The van der Waals surface area contributed by atoms with Gasteiger partial charge in [0.15, 0.2) is 0 Å². The highest BCUT2D eigenvalue weighted by Gasteiger charge is 2.19. The van der Waals surface area contributed by atoms with Gasteiger partial charge >= 0.3 is 0 Å². The number of likely N-dealkylation sites (N-methyl/N-ethyl adjacent to an activating group) is 1. The lowest BCUT2D eigenvalue weighted by molar-refractivity contribution is -0.131. The highest BCUT2D eigenvalue weighted by Crippen LogP contribution is 2.30. The van der Waals surface area contributed by atoms with Crippen LogP contribution >= 0.6 is 22.9 Å². The van der Waals surface area contributed by atoms with E-state index in [0.29, 0.717) is 5.02 Å². The quantitative estimate of drug-likeness (QED) is 0.434. The normalized spacial score (nSPS) is 12.0. The molecule has 0 aliphatic rings. The molecule has 152 valence electrons. The minimum absolute atomic E-state index is 0.0128. The molecule has 2 aromatic heterocycles. The number of hydrogen-bond donors (Lipinski definition) is 0. The molecule has 6 nitrogen and oxygen atoms in total. The first-order chi connectivity index (χ1) is 14.5. The highest BCUT2D eigenvalue weighted by molar-refractivity contribution is 7.13. The number of amides is 1. The number of hydrogen-bond acceptors (Lipinski definition) is 5. The number of thiazole rings is 1. The maximum atomic E-state index is 12.8. The van der Waals surface area contributed by atoms with Gasteiger partial charge in [0.2, 0.25) is 5.91 Å². The monoisotopic (exact) mass is 437 g/mol. The summed E-state index contributed by atoms with van der Waals surface area (Å²) >= 11 is 7.76. The first kappa shape index (κ1) is 20.3. The van der Waals surface area contributed by atoms with Gasteiger partial charge in [0, 0.05) is 18.0 Å². The van der Waals surface area contributed by atoms with Crippen LogP contribution in [0.2, 0.25) is 5.02 Å². The zero-order valence-corrected chi connectivity index (χ0v) is 18.1. The van der Waals surface area contributed by atoms with Crippen LogP contribution in [0.5, 0.6) is 0 Å². The Morgan fingerprint density at radius 2 is 1.97 bits per heavy atom. The molecule has 0 spiro atoms. The second-order valence-corrected chi connectivity index (χ2v) is 8.18. The van der Waals surface area contributed by atoms with Crippen molar-refractivity contribution in [3.8, 4) is 16.3 Å². The van der Waals surface area contributed by atoms with E-state index < -0.39 is 0 Å². The van der Waals surface area contributed by atoms with Gasteiger partial charge in [-0.15, -0.1) is 11.3 Å². The smallest absolute Gasteiger partial charge is 0.228 e. The van der Waals surface area contributed by atoms with E-state index in [0.717, 1.165) is 27.5 Å². The van der Waals surface area contributed by atoms with Crippen molar-refractivity contribution >= 4 is 28.8 Å². The van der Waals surface area contributed by atoms with Gasteiger partial charge in [-0.25, -0.2) is 14.6 Å². The Balaban J connectivity index is 1.43. The molecule has 2 heterocycles. The summed E-state index contributed by atoms with van der Waals surface area (Å²) in [7, 11) is 1.82. The van der Waals surface area contributed by atoms with Crippen molar-refractivity contribution in [2.45, 2.75) is 19.4 Å². The number of benzene rings is 2. The summed E-state index contributed by atoms with van der Waals surface area (Å²) in [6.07, 6.45) is 3.40. The molecule has 0 aliphatic carbocycles. The van der Waals surface area contributed by atoms with Crippen LogP contribution < -0.4 is 0 Å². The Labute approximate surface area is 183 Å². The molecule has 0 radical (unpaired) electrons. The van der Waals surface area contributed by atoms with Gasteiger partial charge in [-0.3, -0.25) is 4.79 Å². The van der Waals surface area contributed by atoms with Crippen LogP contribution in [0.25, 0.3) is 16.3 Å². The zero-order chi connectivity index (χ0) is 21.1. The Bertz CT molecular complexity index is 1140. The van der Waals surface area contributed by atoms with Gasteiger partial charge in [-0.2, -0.15) is 5.10 Å². The van der Waals surface area contributed by atoms with Crippen LogP contribution in [0.4, 0.5) is 0 Å². The van der Waals surface area contributed by atoms with E-state index in [4.69, 9.17) is 11.6 Å². The number of rotatable bonds is 6. The summed E-state index contributed by atoms with van der Waals surface area (Å²) in [6.45, 7) is 2.01. The molecule has 0 bridgehead atoms. The Kier molecular flexibility index (Phi) is 5.92. The van der Waals surface area contributed by atoms with Crippen LogP contribution in [0.3, 0.4) is 0 Å². The standard InChI is InChI=1S/C22H20ClN5OS/c1-15(16-7-9-18(10-8-16)28-14-24-13-25-28)27(2)21(29)11-17-12-30-22(26-17)19-5-3-4-6-20(19)23/h3-10,12-15H,11H2,1-2H3. The molecule has 4 aromatic rings. The van der Waals surface area contributed by atoms with Gasteiger partial charge in [0.25, 0.3) is 0 Å². The molecule has 2 aromatic carbocycles. The molecule has 0 N–H and O–H groups in total. The maximum absolute atomic E-state index is 12.8. The molecule has 0 aliphatic heterocycles. The summed E-state index contributed by atoms with van der Waals surface area (Å²) in [6, 6.07) is 15.5. The van der Waals surface area contributed by atoms with Crippen molar-refractivity contribution in [3.63, 3.8) is 0 Å². The van der Waals surface area contributed by atoms with Crippen molar-refractivity contribution in [1.82, 2.24) is 24.6 Å². The maximum Gasteiger partial charge on any atom is 0.228 e. The van der Waals surface area contributed by atoms with Crippen molar-refractivity contribution in [3.05, 3.63) is 82.8 Å². The van der Waals surface area contributed by atoms with Crippen molar-refractivity contribution in [1.29, 1.82) is 0 Å². The lowest BCUT2D eigenvalue weighted by atomic mass is 10.1. The van der Waals surface area contributed by atoms with Crippen LogP contribution in [0.1, 0.15) is 24.2 Å². The van der Waals surface area contributed by atoms with Crippen LogP contribution in [0, 0.1) is 0 Å². The third-order valence-corrected chi connectivity index (χ3v) is 6.28. The number of halogens is 1. The first-order valence-electron chi connectivity index (χ1n) is 9.43. The molecule has 1 amide bonds. The lowest BCUT2D eigenvalue weighted by Crippen LogP contribution is -2.31. The van der Waals surface area contributed by atoms with Gasteiger partial charge < -0.3 is 4.90 Å². The molecular formula is C22H20ClN5OS. The Hall–Kier alpha value is -3.03.